The van der Waals surface area contributed by atoms with Crippen molar-refractivity contribution < 1.29 is 28.6 Å². The van der Waals surface area contributed by atoms with Gasteiger partial charge in [0.15, 0.2) is 6.10 Å². The van der Waals surface area contributed by atoms with Crippen LogP contribution in [0.5, 0.6) is 0 Å². The highest BCUT2D eigenvalue weighted by Crippen LogP contribution is 2.14. The predicted molar refractivity (Wildman–Crippen MR) is 233 cm³/mol. The lowest BCUT2D eigenvalue weighted by atomic mass is 10.1. The number of carbonyl (C=O) groups is 3. The summed E-state index contributed by atoms with van der Waals surface area (Å²) >= 11 is 0. The number of esters is 3. The fourth-order valence-corrected chi connectivity index (χ4v) is 6.53. The Kier molecular flexibility index (Phi) is 42.4. The van der Waals surface area contributed by atoms with Gasteiger partial charge in [-0.05, 0) is 70.6 Å². The highest BCUT2D eigenvalue weighted by molar-refractivity contribution is 5.71. The minimum atomic E-state index is -0.777. The lowest BCUT2D eigenvalue weighted by molar-refractivity contribution is -0.167. The van der Waals surface area contributed by atoms with Crippen LogP contribution >= 0.6 is 0 Å². The molecule has 320 valence electrons. The van der Waals surface area contributed by atoms with E-state index in [4.69, 9.17) is 14.2 Å². The number of unbranched alkanes of at least 4 members (excludes halogenated alkanes) is 25. The van der Waals surface area contributed by atoms with Crippen molar-refractivity contribution in [3.8, 4) is 0 Å². The molecule has 1 unspecified atom stereocenters. The van der Waals surface area contributed by atoms with Gasteiger partial charge < -0.3 is 14.2 Å². The number of hydrogen-bond donors (Lipinski definition) is 0. The van der Waals surface area contributed by atoms with E-state index in [0.717, 1.165) is 96.3 Å². The van der Waals surface area contributed by atoms with Crippen molar-refractivity contribution in [2.75, 3.05) is 13.2 Å². The molecule has 0 aliphatic heterocycles. The lowest BCUT2D eigenvalue weighted by Crippen LogP contribution is -2.30. The fraction of sp³-hybridized carbons (Fsp3) is 0.816. The first-order valence-electron chi connectivity index (χ1n) is 23.5. The van der Waals surface area contributed by atoms with Gasteiger partial charge in [0.2, 0.25) is 0 Å². The standard InChI is InChI=1S/C49H88O6/c1-4-7-10-13-16-19-22-24-26-27-30-33-36-39-42-48(51)54-45-46(44-53-47(50)41-38-35-32-29-21-18-15-12-9-6-3)55-49(52)43-40-37-34-31-28-25-23-20-17-14-11-8-5-2/h11,14,20,22-24,46H,4-10,12-13,15-19,21,25-45H2,1-3H3/b14-11-,23-20-,24-22-. The van der Waals surface area contributed by atoms with Gasteiger partial charge in [0, 0.05) is 19.3 Å². The summed E-state index contributed by atoms with van der Waals surface area (Å²) in [5.41, 5.74) is 0. The van der Waals surface area contributed by atoms with Crippen LogP contribution in [0, 0.1) is 0 Å². The third kappa shape index (κ3) is 42.6. The average molecular weight is 773 g/mol. The van der Waals surface area contributed by atoms with Gasteiger partial charge in [-0.2, -0.15) is 0 Å². The largest absolute Gasteiger partial charge is 0.462 e. The van der Waals surface area contributed by atoms with Crippen molar-refractivity contribution >= 4 is 17.9 Å². The smallest absolute Gasteiger partial charge is 0.306 e. The predicted octanol–water partition coefficient (Wildman–Crippen LogP) is 15.0. The number of rotatable bonds is 42. The molecule has 0 aromatic rings. The van der Waals surface area contributed by atoms with Crippen molar-refractivity contribution in [2.24, 2.45) is 0 Å². The lowest BCUT2D eigenvalue weighted by Gasteiger charge is -2.18. The number of allylic oxidation sites excluding steroid dienone is 6. The van der Waals surface area contributed by atoms with E-state index in [2.05, 4.69) is 57.2 Å². The Balaban J connectivity index is 4.38. The molecule has 0 N–H and O–H groups in total. The first-order chi connectivity index (χ1) is 27.0. The maximum Gasteiger partial charge on any atom is 0.306 e. The summed E-state index contributed by atoms with van der Waals surface area (Å²) in [6, 6.07) is 0. The van der Waals surface area contributed by atoms with Crippen molar-refractivity contribution in [3.63, 3.8) is 0 Å². The molecule has 0 saturated heterocycles. The van der Waals surface area contributed by atoms with Gasteiger partial charge in [0.25, 0.3) is 0 Å². The van der Waals surface area contributed by atoms with Crippen LogP contribution in [-0.2, 0) is 28.6 Å². The molecule has 6 heteroatoms. The van der Waals surface area contributed by atoms with Crippen LogP contribution in [0.25, 0.3) is 0 Å². The van der Waals surface area contributed by atoms with Gasteiger partial charge in [-0.25, -0.2) is 0 Å². The third-order valence-electron chi connectivity index (χ3n) is 10.1. The van der Waals surface area contributed by atoms with E-state index in [-0.39, 0.29) is 31.1 Å². The first kappa shape index (κ1) is 52.6. The van der Waals surface area contributed by atoms with Crippen LogP contribution in [0.1, 0.15) is 239 Å². The molecule has 0 heterocycles. The normalized spacial score (nSPS) is 12.3. The molecule has 1 atom stereocenters. The van der Waals surface area contributed by atoms with Gasteiger partial charge in [-0.3, -0.25) is 14.4 Å². The summed E-state index contributed by atoms with van der Waals surface area (Å²) in [7, 11) is 0. The molecule has 0 amide bonds. The van der Waals surface area contributed by atoms with Gasteiger partial charge in [0.05, 0.1) is 0 Å². The average Bonchev–Trinajstić information content (AvgIpc) is 3.18. The van der Waals surface area contributed by atoms with Crippen LogP contribution in [0.2, 0.25) is 0 Å². The zero-order chi connectivity index (χ0) is 40.1. The second-order valence-corrected chi connectivity index (χ2v) is 15.7. The molecule has 0 bridgehead atoms. The Morgan fingerprint density at radius 2 is 0.691 bits per heavy atom. The summed E-state index contributed by atoms with van der Waals surface area (Å²) in [6.07, 6.45) is 49.8. The Morgan fingerprint density at radius 3 is 1.09 bits per heavy atom. The van der Waals surface area contributed by atoms with Crippen LogP contribution in [-0.4, -0.2) is 37.2 Å². The summed E-state index contributed by atoms with van der Waals surface area (Å²) in [6.45, 7) is 6.53. The van der Waals surface area contributed by atoms with Gasteiger partial charge in [0.1, 0.15) is 13.2 Å². The quantitative estimate of drug-likeness (QED) is 0.0266. The van der Waals surface area contributed by atoms with Crippen LogP contribution < -0.4 is 0 Å². The topological polar surface area (TPSA) is 78.9 Å². The number of carbonyl (C=O) groups excluding carboxylic acids is 3. The molecule has 0 spiro atoms. The zero-order valence-corrected chi connectivity index (χ0v) is 36.4. The minimum absolute atomic E-state index is 0.0785. The van der Waals surface area contributed by atoms with Gasteiger partial charge in [-0.1, -0.05) is 186 Å². The molecule has 0 rings (SSSR count). The summed E-state index contributed by atoms with van der Waals surface area (Å²) in [5, 5.41) is 0. The van der Waals surface area contributed by atoms with E-state index in [0.29, 0.717) is 19.3 Å². The molecule has 0 aliphatic carbocycles. The Labute approximate surface area is 340 Å². The van der Waals surface area contributed by atoms with Gasteiger partial charge >= 0.3 is 17.9 Å². The molecule has 6 nitrogen and oxygen atoms in total. The fourth-order valence-electron chi connectivity index (χ4n) is 6.53. The molecule has 0 fully saturated rings. The monoisotopic (exact) mass is 773 g/mol. The highest BCUT2D eigenvalue weighted by Gasteiger charge is 2.19. The highest BCUT2D eigenvalue weighted by atomic mass is 16.6. The molecular weight excluding hydrogens is 685 g/mol. The van der Waals surface area contributed by atoms with E-state index >= 15 is 0 Å². The second kappa shape index (κ2) is 44.3. The molecule has 0 aromatic heterocycles. The van der Waals surface area contributed by atoms with E-state index in [1.165, 1.54) is 103 Å². The minimum Gasteiger partial charge on any atom is -0.462 e. The Bertz CT molecular complexity index is 938. The van der Waals surface area contributed by atoms with Crippen molar-refractivity contribution in [1.82, 2.24) is 0 Å². The zero-order valence-electron chi connectivity index (χ0n) is 36.4. The van der Waals surface area contributed by atoms with Crippen LogP contribution in [0.3, 0.4) is 0 Å². The molecular formula is C49H88O6. The SMILES string of the molecule is CCC/C=C\C/C=C\CCCCCCCC(=O)OC(COC(=O)CCCCCCC/C=C\CCCCCCC)COC(=O)CCCCCCCCCCCC. The van der Waals surface area contributed by atoms with Crippen molar-refractivity contribution in [2.45, 2.75) is 245 Å². The maximum atomic E-state index is 12.7. The van der Waals surface area contributed by atoms with E-state index in [1.54, 1.807) is 0 Å². The molecule has 55 heavy (non-hydrogen) atoms. The van der Waals surface area contributed by atoms with E-state index in [1.807, 2.05) is 0 Å². The third-order valence-corrected chi connectivity index (χ3v) is 10.1. The first-order valence-corrected chi connectivity index (χ1v) is 23.5. The Morgan fingerprint density at radius 1 is 0.364 bits per heavy atom. The Hall–Kier alpha value is -2.37. The molecule has 0 aromatic carbocycles. The van der Waals surface area contributed by atoms with Gasteiger partial charge in [-0.15, -0.1) is 0 Å². The molecule has 0 aliphatic rings. The molecule has 0 saturated carbocycles. The van der Waals surface area contributed by atoms with Crippen molar-refractivity contribution in [1.29, 1.82) is 0 Å². The van der Waals surface area contributed by atoms with Crippen LogP contribution in [0.4, 0.5) is 0 Å². The maximum absolute atomic E-state index is 12.7. The molecule has 0 radical (unpaired) electrons. The van der Waals surface area contributed by atoms with Crippen LogP contribution in [0.15, 0.2) is 36.5 Å². The summed E-state index contributed by atoms with van der Waals surface area (Å²) in [5.74, 6) is -0.900. The van der Waals surface area contributed by atoms with Crippen molar-refractivity contribution in [3.05, 3.63) is 36.5 Å². The summed E-state index contributed by atoms with van der Waals surface area (Å²) < 4.78 is 16.7. The second-order valence-electron chi connectivity index (χ2n) is 15.7. The summed E-state index contributed by atoms with van der Waals surface area (Å²) in [4.78, 5) is 37.7. The number of ether oxygens (including phenoxy) is 3. The van der Waals surface area contributed by atoms with E-state index < -0.39 is 6.10 Å². The number of hydrogen-bond acceptors (Lipinski definition) is 6. The van der Waals surface area contributed by atoms with E-state index in [9.17, 15) is 14.4 Å².